The van der Waals surface area contributed by atoms with E-state index in [4.69, 9.17) is 0 Å². The molecule has 1 fully saturated rings. The van der Waals surface area contributed by atoms with Crippen molar-refractivity contribution in [1.82, 2.24) is 9.47 Å². The van der Waals surface area contributed by atoms with Gasteiger partial charge in [-0.1, -0.05) is 55.5 Å². The minimum atomic E-state index is -0.445. The van der Waals surface area contributed by atoms with E-state index >= 15 is 0 Å². The maximum atomic E-state index is 13.2. The van der Waals surface area contributed by atoms with Gasteiger partial charge in [0.1, 0.15) is 5.69 Å². The zero-order valence-corrected chi connectivity index (χ0v) is 15.0. The van der Waals surface area contributed by atoms with E-state index in [9.17, 15) is 9.90 Å². The molecule has 0 spiro atoms. The monoisotopic (exact) mass is 348 g/mol. The van der Waals surface area contributed by atoms with Crippen molar-refractivity contribution in [2.24, 2.45) is 5.92 Å². The Bertz CT molecular complexity index is 916. The van der Waals surface area contributed by atoms with Crippen molar-refractivity contribution in [2.45, 2.75) is 26.0 Å². The predicted octanol–water partition coefficient (Wildman–Crippen LogP) is 3.53. The Morgan fingerprint density at radius 2 is 1.85 bits per heavy atom. The minimum Gasteiger partial charge on any atom is -0.391 e. The van der Waals surface area contributed by atoms with E-state index in [-0.39, 0.29) is 11.8 Å². The molecule has 0 bridgehead atoms. The van der Waals surface area contributed by atoms with Crippen LogP contribution in [0, 0.1) is 5.92 Å². The Morgan fingerprint density at radius 1 is 1.12 bits per heavy atom. The Morgan fingerprint density at radius 3 is 2.62 bits per heavy atom. The number of amides is 1. The number of aromatic nitrogens is 1. The van der Waals surface area contributed by atoms with Gasteiger partial charge in [0.05, 0.1) is 6.10 Å². The molecule has 2 unspecified atom stereocenters. The molecule has 1 saturated heterocycles. The van der Waals surface area contributed by atoms with Gasteiger partial charge in [-0.05, 0) is 30.0 Å². The van der Waals surface area contributed by atoms with Crippen LogP contribution in [0.1, 0.15) is 29.4 Å². The van der Waals surface area contributed by atoms with Crippen LogP contribution in [0.5, 0.6) is 0 Å². The molecule has 2 atom stereocenters. The van der Waals surface area contributed by atoms with Gasteiger partial charge in [0.15, 0.2) is 0 Å². The van der Waals surface area contributed by atoms with Crippen LogP contribution in [-0.2, 0) is 6.54 Å². The van der Waals surface area contributed by atoms with Crippen molar-refractivity contribution in [3.63, 3.8) is 0 Å². The summed E-state index contributed by atoms with van der Waals surface area (Å²) < 4.78 is 2.09. The first-order chi connectivity index (χ1) is 12.6. The third-order valence-corrected chi connectivity index (χ3v) is 5.42. The molecule has 2 heterocycles. The van der Waals surface area contributed by atoms with Crippen molar-refractivity contribution in [3.8, 4) is 0 Å². The number of fused-ring (bicyclic) bond motifs is 1. The Balaban J connectivity index is 1.72. The number of benzene rings is 2. The summed E-state index contributed by atoms with van der Waals surface area (Å²) in [6, 6.07) is 20.3. The number of β-amino-alcohol motifs (C(OH)–C–C–N with tert-alkyl or cyclic N) is 1. The van der Waals surface area contributed by atoms with Crippen LogP contribution in [-0.4, -0.2) is 39.7 Å². The van der Waals surface area contributed by atoms with Gasteiger partial charge in [-0.25, -0.2) is 0 Å². The molecule has 1 N–H and O–H groups in total. The first-order valence-electron chi connectivity index (χ1n) is 9.23. The predicted molar refractivity (Wildman–Crippen MR) is 103 cm³/mol. The molecule has 1 aliphatic heterocycles. The minimum absolute atomic E-state index is 0.00285. The lowest BCUT2D eigenvalue weighted by Gasteiger charge is -2.34. The van der Waals surface area contributed by atoms with Gasteiger partial charge in [-0.15, -0.1) is 0 Å². The number of hydrogen-bond acceptors (Lipinski definition) is 2. The second kappa shape index (κ2) is 6.96. The lowest BCUT2D eigenvalue weighted by atomic mass is 9.96. The summed E-state index contributed by atoms with van der Waals surface area (Å²) in [4.78, 5) is 15.0. The number of nitrogens with zero attached hydrogens (tertiary/aromatic N) is 2. The average Bonchev–Trinajstić information content (AvgIpc) is 3.03. The summed E-state index contributed by atoms with van der Waals surface area (Å²) in [6.45, 7) is 3.80. The Hall–Kier alpha value is -2.59. The van der Waals surface area contributed by atoms with Gasteiger partial charge in [0.2, 0.25) is 0 Å². The standard InChI is InChI=1S/C22H24N2O2/c1-16-11-12-23(15-21(16)25)22(26)20-13-18-9-5-6-10-19(18)24(20)14-17-7-3-2-4-8-17/h2-10,13,16,21,25H,11-12,14-15H2,1H3. The molecule has 0 radical (unpaired) electrons. The van der Waals surface area contributed by atoms with Gasteiger partial charge in [0.25, 0.3) is 5.91 Å². The third kappa shape index (κ3) is 3.13. The molecule has 4 rings (SSSR count). The molecule has 3 aromatic rings. The molecule has 0 saturated carbocycles. The summed E-state index contributed by atoms with van der Waals surface area (Å²) in [6.07, 6.45) is 0.394. The SMILES string of the molecule is CC1CCN(C(=O)c2cc3ccccc3n2Cc2ccccc2)CC1O. The summed E-state index contributed by atoms with van der Waals surface area (Å²) >= 11 is 0. The quantitative estimate of drug-likeness (QED) is 0.787. The molecule has 4 nitrogen and oxygen atoms in total. The number of carbonyl (C=O) groups is 1. The van der Waals surface area contributed by atoms with Gasteiger partial charge in [0, 0.05) is 30.5 Å². The molecule has 1 amide bonds. The van der Waals surface area contributed by atoms with Gasteiger partial charge < -0.3 is 14.6 Å². The smallest absolute Gasteiger partial charge is 0.270 e. The highest BCUT2D eigenvalue weighted by Gasteiger charge is 2.29. The fraction of sp³-hybridized carbons (Fsp3) is 0.318. The van der Waals surface area contributed by atoms with Crippen LogP contribution in [0.3, 0.4) is 0 Å². The Labute approximate surface area is 153 Å². The maximum absolute atomic E-state index is 13.2. The van der Waals surface area contributed by atoms with E-state index in [1.807, 2.05) is 49.4 Å². The highest BCUT2D eigenvalue weighted by molar-refractivity contribution is 5.99. The first-order valence-corrected chi connectivity index (χ1v) is 9.23. The van der Waals surface area contributed by atoms with Crippen molar-refractivity contribution >= 4 is 16.8 Å². The maximum Gasteiger partial charge on any atom is 0.270 e. The molecule has 134 valence electrons. The van der Waals surface area contributed by atoms with E-state index in [0.29, 0.717) is 25.3 Å². The van der Waals surface area contributed by atoms with Gasteiger partial charge in [-0.3, -0.25) is 4.79 Å². The van der Waals surface area contributed by atoms with Gasteiger partial charge >= 0.3 is 0 Å². The number of aliphatic hydroxyl groups is 1. The second-order valence-corrected chi connectivity index (χ2v) is 7.24. The van der Waals surface area contributed by atoms with Crippen LogP contribution in [0.2, 0.25) is 0 Å². The molecular weight excluding hydrogens is 324 g/mol. The fourth-order valence-electron chi connectivity index (χ4n) is 3.72. The van der Waals surface area contributed by atoms with E-state index in [0.717, 1.165) is 22.9 Å². The van der Waals surface area contributed by atoms with E-state index in [1.54, 1.807) is 4.90 Å². The summed E-state index contributed by atoms with van der Waals surface area (Å²) in [5.74, 6) is 0.248. The van der Waals surface area contributed by atoms with E-state index in [1.165, 1.54) is 0 Å². The number of para-hydroxylation sites is 1. The molecule has 4 heteroatoms. The fourth-order valence-corrected chi connectivity index (χ4v) is 3.72. The molecule has 0 aliphatic carbocycles. The zero-order chi connectivity index (χ0) is 18.1. The van der Waals surface area contributed by atoms with Crippen molar-refractivity contribution < 1.29 is 9.90 Å². The summed E-state index contributed by atoms with van der Waals surface area (Å²) in [5, 5.41) is 11.3. The normalized spacial score (nSPS) is 20.5. The van der Waals surface area contributed by atoms with Crippen LogP contribution >= 0.6 is 0 Å². The summed E-state index contributed by atoms with van der Waals surface area (Å²) in [5.41, 5.74) is 2.91. The van der Waals surface area contributed by atoms with Crippen molar-refractivity contribution in [1.29, 1.82) is 0 Å². The number of aliphatic hydroxyl groups excluding tert-OH is 1. The van der Waals surface area contributed by atoms with E-state index < -0.39 is 6.10 Å². The topological polar surface area (TPSA) is 45.5 Å². The van der Waals surface area contributed by atoms with E-state index in [2.05, 4.69) is 22.8 Å². The van der Waals surface area contributed by atoms with Crippen LogP contribution in [0.15, 0.2) is 60.7 Å². The molecule has 1 aromatic heterocycles. The number of hydrogen-bond donors (Lipinski definition) is 1. The lowest BCUT2D eigenvalue weighted by Crippen LogP contribution is -2.46. The number of likely N-dealkylation sites (tertiary alicyclic amines) is 1. The molecular formula is C22H24N2O2. The van der Waals surface area contributed by atoms with Crippen molar-refractivity contribution in [2.75, 3.05) is 13.1 Å². The largest absolute Gasteiger partial charge is 0.391 e. The summed E-state index contributed by atoms with van der Waals surface area (Å²) in [7, 11) is 0. The highest BCUT2D eigenvalue weighted by atomic mass is 16.3. The molecule has 2 aromatic carbocycles. The lowest BCUT2D eigenvalue weighted by molar-refractivity contribution is 0.0243. The average molecular weight is 348 g/mol. The van der Waals surface area contributed by atoms with Crippen LogP contribution in [0.4, 0.5) is 0 Å². The number of carbonyl (C=O) groups excluding carboxylic acids is 1. The van der Waals surface area contributed by atoms with Gasteiger partial charge in [-0.2, -0.15) is 0 Å². The van der Waals surface area contributed by atoms with Crippen LogP contribution in [0.25, 0.3) is 10.9 Å². The highest BCUT2D eigenvalue weighted by Crippen LogP contribution is 2.25. The number of rotatable bonds is 3. The second-order valence-electron chi connectivity index (χ2n) is 7.24. The van der Waals surface area contributed by atoms with Crippen LogP contribution < -0.4 is 0 Å². The Kier molecular flexibility index (Phi) is 4.51. The third-order valence-electron chi connectivity index (χ3n) is 5.42. The van der Waals surface area contributed by atoms with Crippen molar-refractivity contribution in [3.05, 3.63) is 71.9 Å². The number of piperidine rings is 1. The molecule has 26 heavy (non-hydrogen) atoms. The molecule has 1 aliphatic rings. The zero-order valence-electron chi connectivity index (χ0n) is 15.0. The first kappa shape index (κ1) is 16.9.